The van der Waals surface area contributed by atoms with Gasteiger partial charge in [0.05, 0.1) is 0 Å². The van der Waals surface area contributed by atoms with E-state index in [-0.39, 0.29) is 0 Å². The lowest BCUT2D eigenvalue weighted by Gasteiger charge is -2.19. The Balaban J connectivity index is 3.16. The number of rotatable bonds is 4. The highest BCUT2D eigenvalue weighted by atomic mass is 16.3. The first-order valence-corrected chi connectivity index (χ1v) is 5.51. The highest BCUT2D eigenvalue weighted by Crippen LogP contribution is 2.31. The van der Waals surface area contributed by atoms with E-state index >= 15 is 0 Å². The van der Waals surface area contributed by atoms with Gasteiger partial charge in [0.25, 0.3) is 0 Å². The molecule has 1 atom stereocenters. The summed E-state index contributed by atoms with van der Waals surface area (Å²) in [4.78, 5) is 0. The van der Waals surface area contributed by atoms with Crippen LogP contribution in [0.25, 0.3) is 0 Å². The predicted molar refractivity (Wildman–Crippen MR) is 65.4 cm³/mol. The number of benzene rings is 1. The van der Waals surface area contributed by atoms with E-state index in [0.29, 0.717) is 11.7 Å². The number of phenols is 1. The van der Waals surface area contributed by atoms with Gasteiger partial charge in [-0.25, -0.2) is 0 Å². The van der Waals surface area contributed by atoms with Gasteiger partial charge in [-0.2, -0.15) is 0 Å². The van der Waals surface area contributed by atoms with Crippen molar-refractivity contribution >= 4 is 0 Å². The number of aryl methyl sites for hydroxylation is 2. The molecule has 82 valence electrons. The van der Waals surface area contributed by atoms with Crippen LogP contribution >= 0.6 is 0 Å². The molecule has 0 aliphatic carbocycles. The van der Waals surface area contributed by atoms with Crippen LogP contribution in [0.1, 0.15) is 42.4 Å². The van der Waals surface area contributed by atoms with Crippen LogP contribution < -0.4 is 0 Å². The quantitative estimate of drug-likeness (QED) is 0.733. The molecule has 0 aliphatic rings. The Morgan fingerprint density at radius 3 is 2.27 bits per heavy atom. The molecule has 0 aromatic heterocycles. The summed E-state index contributed by atoms with van der Waals surface area (Å²) >= 11 is 0. The summed E-state index contributed by atoms with van der Waals surface area (Å²) in [5, 5.41) is 9.48. The zero-order valence-electron chi connectivity index (χ0n) is 9.88. The van der Waals surface area contributed by atoms with E-state index in [1.165, 1.54) is 16.7 Å². The Bertz CT molecular complexity index is 329. The third kappa shape index (κ3) is 2.62. The molecule has 0 spiro atoms. The molecular weight excluding hydrogens is 184 g/mol. The monoisotopic (exact) mass is 204 g/mol. The molecule has 0 fully saturated rings. The van der Waals surface area contributed by atoms with Crippen molar-refractivity contribution in [2.45, 2.75) is 39.5 Å². The Labute approximate surface area is 92.5 Å². The van der Waals surface area contributed by atoms with Crippen LogP contribution in [0.5, 0.6) is 5.75 Å². The normalized spacial score (nSPS) is 12.5. The van der Waals surface area contributed by atoms with Gasteiger partial charge in [-0.1, -0.05) is 13.0 Å². The molecule has 1 heteroatoms. The van der Waals surface area contributed by atoms with Crippen molar-refractivity contribution < 1.29 is 5.11 Å². The maximum absolute atomic E-state index is 9.48. The van der Waals surface area contributed by atoms with Gasteiger partial charge < -0.3 is 5.11 Å². The van der Waals surface area contributed by atoms with Crippen LogP contribution in [-0.4, -0.2) is 5.11 Å². The Kier molecular flexibility index (Phi) is 3.96. The Morgan fingerprint density at radius 2 is 1.87 bits per heavy atom. The highest BCUT2D eigenvalue weighted by Gasteiger charge is 2.13. The maximum Gasteiger partial charge on any atom is 0.116 e. The third-order valence-corrected chi connectivity index (χ3v) is 2.93. The van der Waals surface area contributed by atoms with Crippen LogP contribution in [0.2, 0.25) is 0 Å². The van der Waals surface area contributed by atoms with Gasteiger partial charge in [0.1, 0.15) is 5.75 Å². The summed E-state index contributed by atoms with van der Waals surface area (Å²) < 4.78 is 0. The minimum Gasteiger partial charge on any atom is -0.508 e. The van der Waals surface area contributed by atoms with E-state index in [2.05, 4.69) is 27.4 Å². The fourth-order valence-corrected chi connectivity index (χ4v) is 2.29. The smallest absolute Gasteiger partial charge is 0.116 e. The standard InChI is InChI=1S/C14H20O/c1-5-7-12(6-2)14-10(3)8-13(15)9-11(14)4/h5,8-9,12,15H,1,6-7H2,2-4H3. The van der Waals surface area contributed by atoms with Gasteiger partial charge in [0, 0.05) is 0 Å². The van der Waals surface area contributed by atoms with E-state index in [4.69, 9.17) is 0 Å². The molecular formula is C14H20O. The molecule has 0 saturated carbocycles. The number of hydrogen-bond acceptors (Lipinski definition) is 1. The van der Waals surface area contributed by atoms with E-state index < -0.39 is 0 Å². The molecule has 15 heavy (non-hydrogen) atoms. The summed E-state index contributed by atoms with van der Waals surface area (Å²) in [6.45, 7) is 10.1. The van der Waals surface area contributed by atoms with Crippen molar-refractivity contribution in [2.24, 2.45) is 0 Å². The van der Waals surface area contributed by atoms with Crippen LogP contribution in [0.15, 0.2) is 24.8 Å². The second-order valence-electron chi connectivity index (χ2n) is 4.12. The molecule has 0 radical (unpaired) electrons. The molecule has 0 bridgehead atoms. The number of aromatic hydroxyl groups is 1. The number of phenolic OH excluding ortho intramolecular Hbond substituents is 1. The van der Waals surface area contributed by atoms with Crippen molar-refractivity contribution in [3.05, 3.63) is 41.5 Å². The highest BCUT2D eigenvalue weighted by molar-refractivity contribution is 5.42. The molecule has 0 heterocycles. The first kappa shape index (κ1) is 11.8. The van der Waals surface area contributed by atoms with Crippen molar-refractivity contribution in [1.82, 2.24) is 0 Å². The number of hydrogen-bond donors (Lipinski definition) is 1. The van der Waals surface area contributed by atoms with Gasteiger partial charge in [0.2, 0.25) is 0 Å². The lowest BCUT2D eigenvalue weighted by atomic mass is 9.86. The minimum absolute atomic E-state index is 0.363. The molecule has 0 saturated heterocycles. The minimum atomic E-state index is 0.363. The fraction of sp³-hybridized carbons (Fsp3) is 0.429. The van der Waals surface area contributed by atoms with Gasteiger partial charge in [-0.3, -0.25) is 0 Å². The largest absolute Gasteiger partial charge is 0.508 e. The average molecular weight is 204 g/mol. The summed E-state index contributed by atoms with van der Waals surface area (Å²) in [7, 11) is 0. The van der Waals surface area contributed by atoms with E-state index in [1.54, 1.807) is 0 Å². The zero-order chi connectivity index (χ0) is 11.4. The van der Waals surface area contributed by atoms with Gasteiger partial charge in [-0.15, -0.1) is 6.58 Å². The first-order valence-electron chi connectivity index (χ1n) is 5.51. The predicted octanol–water partition coefficient (Wildman–Crippen LogP) is 4.08. The molecule has 1 N–H and O–H groups in total. The first-order chi connectivity index (χ1) is 7.10. The van der Waals surface area contributed by atoms with Gasteiger partial charge in [-0.05, 0) is 61.4 Å². The summed E-state index contributed by atoms with van der Waals surface area (Å²) in [5.41, 5.74) is 3.73. The van der Waals surface area contributed by atoms with Crippen molar-refractivity contribution in [2.75, 3.05) is 0 Å². The molecule has 1 aromatic rings. The van der Waals surface area contributed by atoms with Crippen molar-refractivity contribution in [3.8, 4) is 5.75 Å². The molecule has 1 unspecified atom stereocenters. The lowest BCUT2D eigenvalue weighted by molar-refractivity contribution is 0.473. The van der Waals surface area contributed by atoms with Crippen LogP contribution in [0, 0.1) is 13.8 Å². The average Bonchev–Trinajstić information content (AvgIpc) is 2.14. The van der Waals surface area contributed by atoms with Gasteiger partial charge >= 0.3 is 0 Å². The second-order valence-corrected chi connectivity index (χ2v) is 4.12. The molecule has 1 nitrogen and oxygen atoms in total. The molecule has 1 aromatic carbocycles. The zero-order valence-corrected chi connectivity index (χ0v) is 9.88. The summed E-state index contributed by atoms with van der Waals surface area (Å²) in [6, 6.07) is 3.68. The summed E-state index contributed by atoms with van der Waals surface area (Å²) in [5.74, 6) is 0.894. The Morgan fingerprint density at radius 1 is 1.33 bits per heavy atom. The van der Waals surface area contributed by atoms with Crippen LogP contribution in [0.4, 0.5) is 0 Å². The molecule has 0 amide bonds. The third-order valence-electron chi connectivity index (χ3n) is 2.93. The number of allylic oxidation sites excluding steroid dienone is 1. The fourth-order valence-electron chi connectivity index (χ4n) is 2.29. The van der Waals surface area contributed by atoms with E-state index in [0.717, 1.165) is 12.8 Å². The van der Waals surface area contributed by atoms with Gasteiger partial charge in [0.15, 0.2) is 0 Å². The topological polar surface area (TPSA) is 20.2 Å². The summed E-state index contributed by atoms with van der Waals surface area (Å²) in [6.07, 6.45) is 4.08. The Hall–Kier alpha value is -1.24. The van der Waals surface area contributed by atoms with Crippen molar-refractivity contribution in [3.63, 3.8) is 0 Å². The lowest BCUT2D eigenvalue weighted by Crippen LogP contribution is -2.01. The van der Waals surface area contributed by atoms with E-state index in [1.807, 2.05) is 18.2 Å². The van der Waals surface area contributed by atoms with Crippen molar-refractivity contribution in [1.29, 1.82) is 0 Å². The van der Waals surface area contributed by atoms with Crippen LogP contribution in [-0.2, 0) is 0 Å². The second kappa shape index (κ2) is 5.01. The van der Waals surface area contributed by atoms with E-state index in [9.17, 15) is 5.11 Å². The maximum atomic E-state index is 9.48. The molecule has 0 aliphatic heterocycles. The SMILES string of the molecule is C=CCC(CC)c1c(C)cc(O)cc1C. The van der Waals surface area contributed by atoms with Crippen LogP contribution in [0.3, 0.4) is 0 Å². The molecule has 1 rings (SSSR count).